The molecule has 9 heteroatoms. The molecule has 16 heavy (non-hydrogen) atoms. The Kier molecular flexibility index (Phi) is 3.50. The molecule has 0 aromatic heterocycles. The first-order valence-corrected chi connectivity index (χ1v) is 5.86. The number of rotatable bonds is 2. The first-order valence-electron chi connectivity index (χ1n) is 3.62. The van der Waals surface area contributed by atoms with Gasteiger partial charge in [-0.2, -0.15) is 8.42 Å². The summed E-state index contributed by atoms with van der Waals surface area (Å²) >= 11 is 2.85. The predicted molar refractivity (Wildman–Crippen MR) is 50.6 cm³/mol. The molecule has 0 bridgehead atoms. The molecule has 0 aliphatic rings. The van der Waals surface area contributed by atoms with Crippen molar-refractivity contribution in [2.24, 2.45) is 0 Å². The van der Waals surface area contributed by atoms with Gasteiger partial charge in [-0.25, -0.2) is 0 Å². The largest absolute Gasteiger partial charge is 0.573 e. The SMILES string of the molecule is O=S(=O)(O)c1ccc(Br)cc1OC(F)(F)F. The van der Waals surface area contributed by atoms with E-state index < -0.39 is 27.1 Å². The molecule has 90 valence electrons. The highest BCUT2D eigenvalue weighted by Crippen LogP contribution is 2.31. The smallest absolute Gasteiger partial charge is 0.404 e. The van der Waals surface area contributed by atoms with Crippen LogP contribution in [0.25, 0.3) is 0 Å². The number of benzene rings is 1. The molecular weight excluding hydrogens is 317 g/mol. The number of hydrogen-bond acceptors (Lipinski definition) is 3. The summed E-state index contributed by atoms with van der Waals surface area (Å²) in [5.74, 6) is -0.996. The molecule has 0 amide bonds. The van der Waals surface area contributed by atoms with Gasteiger partial charge in [0.1, 0.15) is 4.90 Å². The summed E-state index contributed by atoms with van der Waals surface area (Å²) in [6.07, 6.45) is -5.04. The molecule has 0 saturated carbocycles. The Morgan fingerprint density at radius 2 is 1.88 bits per heavy atom. The van der Waals surface area contributed by atoms with E-state index in [9.17, 15) is 21.6 Å². The van der Waals surface area contributed by atoms with Crippen LogP contribution in [-0.4, -0.2) is 19.3 Å². The van der Waals surface area contributed by atoms with Crippen LogP contribution in [0.15, 0.2) is 27.6 Å². The monoisotopic (exact) mass is 320 g/mol. The van der Waals surface area contributed by atoms with Crippen molar-refractivity contribution >= 4 is 26.0 Å². The van der Waals surface area contributed by atoms with Gasteiger partial charge in [-0.1, -0.05) is 15.9 Å². The van der Waals surface area contributed by atoms with E-state index in [2.05, 4.69) is 20.7 Å². The molecule has 0 aliphatic heterocycles. The maximum Gasteiger partial charge on any atom is 0.573 e. The van der Waals surface area contributed by atoms with Crippen molar-refractivity contribution in [1.29, 1.82) is 0 Å². The van der Waals surface area contributed by atoms with Crippen molar-refractivity contribution in [3.63, 3.8) is 0 Å². The van der Waals surface area contributed by atoms with Gasteiger partial charge in [-0.3, -0.25) is 4.55 Å². The Hall–Kier alpha value is -0.800. The van der Waals surface area contributed by atoms with Crippen LogP contribution in [0.2, 0.25) is 0 Å². The van der Waals surface area contributed by atoms with Gasteiger partial charge in [0, 0.05) is 4.47 Å². The van der Waals surface area contributed by atoms with E-state index in [-0.39, 0.29) is 4.47 Å². The van der Waals surface area contributed by atoms with Crippen LogP contribution in [0, 0.1) is 0 Å². The molecule has 0 saturated heterocycles. The highest BCUT2D eigenvalue weighted by Gasteiger charge is 2.33. The van der Waals surface area contributed by atoms with Crippen LogP contribution in [0.3, 0.4) is 0 Å². The summed E-state index contributed by atoms with van der Waals surface area (Å²) in [5.41, 5.74) is 0. The van der Waals surface area contributed by atoms with E-state index in [1.807, 2.05) is 0 Å². The third-order valence-corrected chi connectivity index (χ3v) is 2.80. The molecule has 1 rings (SSSR count). The fourth-order valence-electron chi connectivity index (χ4n) is 0.899. The van der Waals surface area contributed by atoms with Crippen LogP contribution in [-0.2, 0) is 10.1 Å². The second-order valence-electron chi connectivity index (χ2n) is 2.61. The van der Waals surface area contributed by atoms with Gasteiger partial charge in [0.15, 0.2) is 5.75 Å². The van der Waals surface area contributed by atoms with Gasteiger partial charge >= 0.3 is 6.36 Å². The Labute approximate surface area is 96.9 Å². The van der Waals surface area contributed by atoms with E-state index in [1.54, 1.807) is 0 Å². The van der Waals surface area contributed by atoms with Crippen molar-refractivity contribution in [3.8, 4) is 5.75 Å². The van der Waals surface area contributed by atoms with E-state index in [4.69, 9.17) is 4.55 Å². The summed E-state index contributed by atoms with van der Waals surface area (Å²) in [7, 11) is -4.77. The Morgan fingerprint density at radius 1 is 1.31 bits per heavy atom. The number of ether oxygens (including phenoxy) is 1. The molecule has 1 N–H and O–H groups in total. The topological polar surface area (TPSA) is 63.6 Å². The van der Waals surface area contributed by atoms with Crippen molar-refractivity contribution in [1.82, 2.24) is 0 Å². The highest BCUT2D eigenvalue weighted by molar-refractivity contribution is 9.10. The maximum atomic E-state index is 11.9. The molecular formula is C7H4BrF3O4S. The van der Waals surface area contributed by atoms with Crippen LogP contribution in [0.5, 0.6) is 5.75 Å². The lowest BCUT2D eigenvalue weighted by Gasteiger charge is -2.11. The lowest BCUT2D eigenvalue weighted by atomic mass is 10.3. The van der Waals surface area contributed by atoms with Crippen LogP contribution in [0.1, 0.15) is 0 Å². The van der Waals surface area contributed by atoms with Crippen LogP contribution < -0.4 is 4.74 Å². The van der Waals surface area contributed by atoms with Gasteiger partial charge < -0.3 is 4.74 Å². The van der Waals surface area contributed by atoms with Crippen molar-refractivity contribution < 1.29 is 30.9 Å². The lowest BCUT2D eigenvalue weighted by molar-refractivity contribution is -0.275. The molecule has 1 aromatic rings. The second-order valence-corrected chi connectivity index (χ2v) is 4.92. The van der Waals surface area contributed by atoms with Crippen LogP contribution >= 0.6 is 15.9 Å². The minimum atomic E-state index is -5.04. The zero-order chi connectivity index (χ0) is 12.6. The summed E-state index contributed by atoms with van der Waals surface area (Å²) in [4.78, 5) is -0.951. The van der Waals surface area contributed by atoms with Gasteiger partial charge in [-0.15, -0.1) is 13.2 Å². The van der Waals surface area contributed by atoms with Gasteiger partial charge in [0.25, 0.3) is 10.1 Å². The molecule has 4 nitrogen and oxygen atoms in total. The molecule has 0 spiro atoms. The van der Waals surface area contributed by atoms with Crippen molar-refractivity contribution in [3.05, 3.63) is 22.7 Å². The number of alkyl halides is 3. The Balaban J connectivity index is 3.30. The minimum Gasteiger partial charge on any atom is -0.404 e. The fourth-order valence-corrected chi connectivity index (χ4v) is 1.83. The molecule has 0 fully saturated rings. The standard InChI is InChI=1S/C7H4BrF3O4S/c8-4-1-2-6(16(12,13)14)5(3-4)15-7(9,10)11/h1-3H,(H,12,13,14). The predicted octanol–water partition coefficient (Wildman–Crippen LogP) is 2.59. The fraction of sp³-hybridized carbons (Fsp3) is 0.143. The molecule has 0 unspecified atom stereocenters. The second kappa shape index (κ2) is 4.22. The van der Waals surface area contributed by atoms with Gasteiger partial charge in [0.05, 0.1) is 0 Å². The lowest BCUT2D eigenvalue weighted by Crippen LogP contribution is -2.18. The van der Waals surface area contributed by atoms with Crippen LogP contribution in [0.4, 0.5) is 13.2 Å². The Morgan fingerprint density at radius 3 is 2.31 bits per heavy atom. The van der Waals surface area contributed by atoms with Crippen molar-refractivity contribution in [2.75, 3.05) is 0 Å². The zero-order valence-corrected chi connectivity index (χ0v) is 9.73. The van der Waals surface area contributed by atoms with Gasteiger partial charge in [-0.05, 0) is 18.2 Å². The average Bonchev–Trinajstić information content (AvgIpc) is 1.97. The van der Waals surface area contributed by atoms with E-state index in [1.165, 1.54) is 0 Å². The molecule has 0 radical (unpaired) electrons. The summed E-state index contributed by atoms with van der Waals surface area (Å²) in [6.45, 7) is 0. The van der Waals surface area contributed by atoms with E-state index in [0.717, 1.165) is 18.2 Å². The molecule has 0 aliphatic carbocycles. The highest BCUT2D eigenvalue weighted by atomic mass is 79.9. The maximum absolute atomic E-state index is 11.9. The zero-order valence-electron chi connectivity index (χ0n) is 7.32. The first-order chi connectivity index (χ1) is 7.09. The molecule has 0 heterocycles. The van der Waals surface area contributed by atoms with Gasteiger partial charge in [0.2, 0.25) is 0 Å². The number of hydrogen-bond donors (Lipinski definition) is 1. The quantitative estimate of drug-likeness (QED) is 0.851. The van der Waals surface area contributed by atoms with E-state index >= 15 is 0 Å². The summed E-state index contributed by atoms with van der Waals surface area (Å²) < 4.78 is 69.6. The molecule has 0 atom stereocenters. The average molecular weight is 321 g/mol. The number of halogens is 4. The third kappa shape index (κ3) is 3.65. The third-order valence-electron chi connectivity index (χ3n) is 1.41. The summed E-state index contributed by atoms with van der Waals surface area (Å²) in [5, 5.41) is 0. The van der Waals surface area contributed by atoms with E-state index in [0.29, 0.717) is 0 Å². The van der Waals surface area contributed by atoms with Crippen molar-refractivity contribution in [2.45, 2.75) is 11.3 Å². The summed E-state index contributed by atoms with van der Waals surface area (Å²) in [6, 6.07) is 2.74. The normalized spacial score (nSPS) is 12.6. The molecule has 1 aromatic carbocycles. The first kappa shape index (κ1) is 13.3. The minimum absolute atomic E-state index is 0.180. The Bertz CT molecular complexity index is 497.